The van der Waals surface area contributed by atoms with Gasteiger partial charge in [0.25, 0.3) is 5.56 Å². The number of nitrogens with zero attached hydrogens (tertiary/aromatic N) is 3. The van der Waals surface area contributed by atoms with Crippen molar-refractivity contribution in [1.29, 1.82) is 0 Å². The zero-order chi connectivity index (χ0) is 13.9. The van der Waals surface area contributed by atoms with Crippen molar-refractivity contribution < 1.29 is 0 Å². The Labute approximate surface area is 118 Å². The molecule has 5 heteroatoms. The first-order valence-corrected chi connectivity index (χ1v) is 7.23. The first-order valence-electron chi connectivity index (χ1n) is 7.23. The summed E-state index contributed by atoms with van der Waals surface area (Å²) in [6.07, 6.45) is 9.18. The standard InChI is InChI=1S/C15H20N4O/c1-2-7-18-10-12(3-6-15(18)20)17-9-14-8-16-11-19(14)13-4-5-13/h3,6,8,10-11,13,17H,2,4-5,7,9H2,1H3. The molecule has 20 heavy (non-hydrogen) atoms. The van der Waals surface area contributed by atoms with E-state index in [1.54, 1.807) is 10.6 Å². The molecule has 106 valence electrons. The number of rotatable bonds is 6. The molecular formula is C15H20N4O. The van der Waals surface area contributed by atoms with Crippen molar-refractivity contribution in [3.8, 4) is 0 Å². The van der Waals surface area contributed by atoms with Crippen LogP contribution in [-0.2, 0) is 13.1 Å². The van der Waals surface area contributed by atoms with Gasteiger partial charge in [0, 0.05) is 31.0 Å². The van der Waals surface area contributed by atoms with Crippen LogP contribution in [0.1, 0.15) is 37.9 Å². The molecular weight excluding hydrogens is 252 g/mol. The van der Waals surface area contributed by atoms with Crippen LogP contribution in [0, 0.1) is 0 Å². The molecule has 0 spiro atoms. The largest absolute Gasteiger partial charge is 0.378 e. The molecule has 0 saturated heterocycles. The Morgan fingerprint density at radius 3 is 3.00 bits per heavy atom. The van der Waals surface area contributed by atoms with Crippen LogP contribution in [0.5, 0.6) is 0 Å². The van der Waals surface area contributed by atoms with Gasteiger partial charge in [-0.2, -0.15) is 0 Å². The van der Waals surface area contributed by atoms with E-state index in [9.17, 15) is 4.79 Å². The van der Waals surface area contributed by atoms with Crippen LogP contribution < -0.4 is 10.9 Å². The predicted octanol–water partition coefficient (Wildman–Crippen LogP) is 2.40. The van der Waals surface area contributed by atoms with Gasteiger partial charge in [-0.05, 0) is 25.3 Å². The average molecular weight is 272 g/mol. The molecule has 0 bridgehead atoms. The van der Waals surface area contributed by atoms with Gasteiger partial charge >= 0.3 is 0 Å². The van der Waals surface area contributed by atoms with Crippen LogP contribution in [0.15, 0.2) is 35.6 Å². The van der Waals surface area contributed by atoms with Crippen LogP contribution in [0.25, 0.3) is 0 Å². The molecule has 0 atom stereocenters. The van der Waals surface area contributed by atoms with Gasteiger partial charge in [-0.3, -0.25) is 4.79 Å². The summed E-state index contributed by atoms with van der Waals surface area (Å²) in [4.78, 5) is 15.9. The SMILES string of the molecule is CCCn1cc(NCc2cncn2C2CC2)ccc1=O. The molecule has 0 aliphatic heterocycles. The van der Waals surface area contributed by atoms with Crippen molar-refractivity contribution in [2.45, 2.75) is 45.3 Å². The van der Waals surface area contributed by atoms with E-state index < -0.39 is 0 Å². The lowest BCUT2D eigenvalue weighted by atomic mass is 10.3. The third-order valence-corrected chi connectivity index (χ3v) is 3.61. The first-order chi connectivity index (χ1) is 9.78. The Morgan fingerprint density at radius 2 is 2.25 bits per heavy atom. The van der Waals surface area contributed by atoms with Crippen LogP contribution in [0.2, 0.25) is 0 Å². The van der Waals surface area contributed by atoms with Crippen LogP contribution in [0.4, 0.5) is 5.69 Å². The molecule has 0 radical (unpaired) electrons. The van der Waals surface area contributed by atoms with Crippen molar-refractivity contribution in [3.05, 3.63) is 46.9 Å². The van der Waals surface area contributed by atoms with E-state index in [1.807, 2.05) is 24.8 Å². The maximum Gasteiger partial charge on any atom is 0.250 e. The number of anilines is 1. The van der Waals surface area contributed by atoms with Gasteiger partial charge in [0.1, 0.15) is 0 Å². The molecule has 1 aliphatic rings. The van der Waals surface area contributed by atoms with E-state index in [0.717, 1.165) is 25.2 Å². The normalized spacial score (nSPS) is 14.4. The Kier molecular flexibility index (Phi) is 3.58. The summed E-state index contributed by atoms with van der Waals surface area (Å²) in [5.74, 6) is 0. The highest BCUT2D eigenvalue weighted by Gasteiger charge is 2.24. The highest BCUT2D eigenvalue weighted by atomic mass is 16.1. The number of pyridine rings is 1. The minimum Gasteiger partial charge on any atom is -0.378 e. The quantitative estimate of drug-likeness (QED) is 0.878. The fraction of sp³-hybridized carbons (Fsp3) is 0.467. The minimum absolute atomic E-state index is 0.0559. The molecule has 2 aromatic heterocycles. The Balaban J connectivity index is 1.70. The number of hydrogen-bond donors (Lipinski definition) is 1. The van der Waals surface area contributed by atoms with Gasteiger partial charge in [-0.25, -0.2) is 4.98 Å². The van der Waals surface area contributed by atoms with Crippen molar-refractivity contribution >= 4 is 5.69 Å². The smallest absolute Gasteiger partial charge is 0.250 e. The maximum absolute atomic E-state index is 11.7. The molecule has 1 saturated carbocycles. The second-order valence-corrected chi connectivity index (χ2v) is 5.33. The zero-order valence-electron chi connectivity index (χ0n) is 11.7. The fourth-order valence-corrected chi connectivity index (χ4v) is 2.39. The molecule has 1 N–H and O–H groups in total. The summed E-state index contributed by atoms with van der Waals surface area (Å²) in [5, 5.41) is 3.38. The van der Waals surface area contributed by atoms with Crippen molar-refractivity contribution in [1.82, 2.24) is 14.1 Å². The molecule has 2 aromatic rings. The third-order valence-electron chi connectivity index (χ3n) is 3.61. The maximum atomic E-state index is 11.7. The average Bonchev–Trinajstić information content (AvgIpc) is 3.19. The predicted molar refractivity (Wildman–Crippen MR) is 78.8 cm³/mol. The Hall–Kier alpha value is -2.04. The highest BCUT2D eigenvalue weighted by Crippen LogP contribution is 2.35. The summed E-state index contributed by atoms with van der Waals surface area (Å²) >= 11 is 0. The van der Waals surface area contributed by atoms with E-state index in [0.29, 0.717) is 6.04 Å². The van der Waals surface area contributed by atoms with E-state index in [2.05, 4.69) is 21.8 Å². The van der Waals surface area contributed by atoms with Gasteiger partial charge < -0.3 is 14.5 Å². The molecule has 5 nitrogen and oxygen atoms in total. The van der Waals surface area contributed by atoms with E-state index in [-0.39, 0.29) is 5.56 Å². The van der Waals surface area contributed by atoms with Gasteiger partial charge in [0.05, 0.1) is 24.3 Å². The van der Waals surface area contributed by atoms with E-state index >= 15 is 0 Å². The number of nitrogens with one attached hydrogen (secondary N) is 1. The topological polar surface area (TPSA) is 51.9 Å². The van der Waals surface area contributed by atoms with Gasteiger partial charge in [0.15, 0.2) is 0 Å². The molecule has 1 aliphatic carbocycles. The van der Waals surface area contributed by atoms with Crippen LogP contribution in [-0.4, -0.2) is 14.1 Å². The van der Waals surface area contributed by atoms with E-state index in [4.69, 9.17) is 0 Å². The van der Waals surface area contributed by atoms with E-state index in [1.165, 1.54) is 18.5 Å². The van der Waals surface area contributed by atoms with Crippen LogP contribution in [0.3, 0.4) is 0 Å². The van der Waals surface area contributed by atoms with Crippen molar-refractivity contribution in [2.24, 2.45) is 0 Å². The molecule has 3 rings (SSSR count). The van der Waals surface area contributed by atoms with Gasteiger partial charge in [0.2, 0.25) is 0 Å². The summed E-state index contributed by atoms with van der Waals surface area (Å²) < 4.78 is 4.00. The number of imidazole rings is 1. The zero-order valence-corrected chi connectivity index (χ0v) is 11.7. The van der Waals surface area contributed by atoms with Crippen molar-refractivity contribution in [3.63, 3.8) is 0 Å². The van der Waals surface area contributed by atoms with Gasteiger partial charge in [-0.1, -0.05) is 6.92 Å². The summed E-state index contributed by atoms with van der Waals surface area (Å²) in [7, 11) is 0. The van der Waals surface area contributed by atoms with Crippen LogP contribution >= 0.6 is 0 Å². The number of aromatic nitrogens is 3. The number of hydrogen-bond acceptors (Lipinski definition) is 3. The Morgan fingerprint density at radius 1 is 1.40 bits per heavy atom. The second-order valence-electron chi connectivity index (χ2n) is 5.33. The third kappa shape index (κ3) is 2.76. The monoisotopic (exact) mass is 272 g/mol. The molecule has 0 amide bonds. The molecule has 0 aromatic carbocycles. The Bertz CT molecular complexity index is 639. The lowest BCUT2D eigenvalue weighted by Crippen LogP contribution is -2.19. The second kappa shape index (κ2) is 5.53. The fourth-order valence-electron chi connectivity index (χ4n) is 2.39. The minimum atomic E-state index is 0.0559. The molecule has 1 fully saturated rings. The summed E-state index contributed by atoms with van der Waals surface area (Å²) in [6, 6.07) is 4.10. The molecule has 2 heterocycles. The number of aryl methyl sites for hydroxylation is 1. The lowest BCUT2D eigenvalue weighted by molar-refractivity contribution is 0.654. The van der Waals surface area contributed by atoms with Crippen molar-refractivity contribution in [2.75, 3.05) is 5.32 Å². The first kappa shape index (κ1) is 13.0. The lowest BCUT2D eigenvalue weighted by Gasteiger charge is -2.11. The summed E-state index contributed by atoms with van der Waals surface area (Å²) in [5.41, 5.74) is 2.22. The van der Waals surface area contributed by atoms with Gasteiger partial charge in [-0.15, -0.1) is 0 Å². The molecule has 0 unspecified atom stereocenters. The highest BCUT2D eigenvalue weighted by molar-refractivity contribution is 5.40. The summed E-state index contributed by atoms with van der Waals surface area (Å²) in [6.45, 7) is 3.57.